The number of hydrogen-bond acceptors (Lipinski definition) is 5. The number of aromatic nitrogens is 1. The lowest BCUT2D eigenvalue weighted by Gasteiger charge is -2.14. The number of nitrogens with one attached hydrogen (secondary N) is 2. The molecule has 2 aromatic heterocycles. The number of methoxy groups -OCH3 is 1. The van der Waals surface area contributed by atoms with E-state index in [1.54, 1.807) is 29.5 Å². The molecule has 0 atom stereocenters. The first-order valence-corrected chi connectivity index (χ1v) is 11.2. The summed E-state index contributed by atoms with van der Waals surface area (Å²) in [5.74, 6) is 2.15. The van der Waals surface area contributed by atoms with E-state index in [0.717, 1.165) is 34.1 Å². The highest BCUT2D eigenvalue weighted by Gasteiger charge is 2.26. The molecule has 1 aliphatic rings. The third-order valence-corrected chi connectivity index (χ3v) is 7.05. The summed E-state index contributed by atoms with van der Waals surface area (Å²) in [4.78, 5) is 26.1. The Hall–Kier alpha value is -2.71. The molecule has 0 saturated carbocycles. The standard InChI is InChI=1S/C21H21N3O3S2/c1-13(25)22-16-11-14(5-6-17(16)27-2)23-20(26)19-15-7-10-28-12-18(15)29-21(19)24-8-3-4-9-24/h3-6,8-9,11H,7,10,12H2,1-2H3,(H,22,25)(H,23,26). The van der Waals surface area contributed by atoms with E-state index in [4.69, 9.17) is 4.74 Å². The van der Waals surface area contributed by atoms with Gasteiger partial charge in [0.05, 0.1) is 18.4 Å². The van der Waals surface area contributed by atoms with Crippen molar-refractivity contribution in [1.82, 2.24) is 4.57 Å². The molecule has 2 N–H and O–H groups in total. The summed E-state index contributed by atoms with van der Waals surface area (Å²) >= 11 is 3.58. The van der Waals surface area contributed by atoms with Crippen LogP contribution in [-0.2, 0) is 17.0 Å². The van der Waals surface area contributed by atoms with E-state index < -0.39 is 0 Å². The van der Waals surface area contributed by atoms with Crippen LogP contribution >= 0.6 is 23.1 Å². The predicted octanol–water partition coefficient (Wildman–Crippen LogP) is 4.55. The molecule has 3 heterocycles. The highest BCUT2D eigenvalue weighted by Crippen LogP contribution is 2.39. The van der Waals surface area contributed by atoms with Crippen molar-refractivity contribution < 1.29 is 14.3 Å². The van der Waals surface area contributed by atoms with Gasteiger partial charge < -0.3 is 19.9 Å². The van der Waals surface area contributed by atoms with Crippen molar-refractivity contribution >= 4 is 46.3 Å². The quantitative estimate of drug-likeness (QED) is 0.627. The van der Waals surface area contributed by atoms with Crippen LogP contribution in [0.1, 0.15) is 27.7 Å². The summed E-state index contributed by atoms with van der Waals surface area (Å²) in [6.45, 7) is 1.43. The molecule has 2 amide bonds. The number of thiophene rings is 1. The number of rotatable bonds is 5. The summed E-state index contributed by atoms with van der Waals surface area (Å²) in [5, 5.41) is 6.68. The van der Waals surface area contributed by atoms with Crippen molar-refractivity contribution in [3.05, 3.63) is 58.7 Å². The number of ether oxygens (including phenoxy) is 1. The van der Waals surface area contributed by atoms with Crippen LogP contribution < -0.4 is 15.4 Å². The maximum absolute atomic E-state index is 13.3. The van der Waals surface area contributed by atoms with Crippen LogP contribution in [0, 0.1) is 0 Å². The van der Waals surface area contributed by atoms with Crippen LogP contribution in [0.15, 0.2) is 42.7 Å². The summed E-state index contributed by atoms with van der Waals surface area (Å²) in [6.07, 6.45) is 4.81. The predicted molar refractivity (Wildman–Crippen MR) is 119 cm³/mol. The van der Waals surface area contributed by atoms with Gasteiger partial charge in [0, 0.05) is 35.6 Å². The minimum atomic E-state index is -0.203. The Balaban J connectivity index is 1.69. The van der Waals surface area contributed by atoms with Crippen molar-refractivity contribution in [2.45, 2.75) is 19.1 Å². The van der Waals surface area contributed by atoms with E-state index in [0.29, 0.717) is 17.1 Å². The van der Waals surface area contributed by atoms with Gasteiger partial charge in [-0.1, -0.05) is 0 Å². The summed E-state index contributed by atoms with van der Waals surface area (Å²) < 4.78 is 7.29. The number of anilines is 2. The highest BCUT2D eigenvalue weighted by atomic mass is 32.2. The van der Waals surface area contributed by atoms with Crippen molar-refractivity contribution in [3.63, 3.8) is 0 Å². The average Bonchev–Trinajstić information content (AvgIpc) is 3.35. The molecular weight excluding hydrogens is 406 g/mol. The van der Waals surface area contributed by atoms with E-state index in [9.17, 15) is 9.59 Å². The second-order valence-electron chi connectivity index (χ2n) is 6.63. The van der Waals surface area contributed by atoms with Crippen molar-refractivity contribution in [3.8, 4) is 10.8 Å². The molecular formula is C21H21N3O3S2. The molecule has 0 radical (unpaired) electrons. The molecule has 6 nitrogen and oxygen atoms in total. The topological polar surface area (TPSA) is 72.4 Å². The van der Waals surface area contributed by atoms with Crippen molar-refractivity contribution in [2.24, 2.45) is 0 Å². The van der Waals surface area contributed by atoms with Crippen molar-refractivity contribution in [2.75, 3.05) is 23.5 Å². The third-order valence-electron chi connectivity index (χ3n) is 4.64. The minimum absolute atomic E-state index is 0.142. The zero-order chi connectivity index (χ0) is 20.4. The van der Waals surface area contributed by atoms with Gasteiger partial charge in [0.25, 0.3) is 5.91 Å². The number of amides is 2. The number of hydrogen-bond donors (Lipinski definition) is 2. The van der Waals surface area contributed by atoms with Gasteiger partial charge in [0.15, 0.2) is 0 Å². The number of fused-ring (bicyclic) bond motifs is 1. The monoisotopic (exact) mass is 427 g/mol. The van der Waals surface area contributed by atoms with Gasteiger partial charge in [-0.3, -0.25) is 9.59 Å². The first-order valence-electron chi connectivity index (χ1n) is 9.19. The zero-order valence-corrected chi connectivity index (χ0v) is 17.8. The third kappa shape index (κ3) is 4.04. The van der Waals surface area contributed by atoms with E-state index in [1.807, 2.05) is 40.9 Å². The number of benzene rings is 1. The minimum Gasteiger partial charge on any atom is -0.495 e. The second-order valence-corrected chi connectivity index (χ2v) is 8.82. The molecule has 0 bridgehead atoms. The molecule has 150 valence electrons. The van der Waals surface area contributed by atoms with E-state index in [2.05, 4.69) is 10.6 Å². The van der Waals surface area contributed by atoms with Crippen LogP contribution in [-0.4, -0.2) is 29.2 Å². The van der Waals surface area contributed by atoms with Gasteiger partial charge >= 0.3 is 0 Å². The largest absolute Gasteiger partial charge is 0.495 e. The van der Waals surface area contributed by atoms with Gasteiger partial charge in [-0.15, -0.1) is 11.3 Å². The smallest absolute Gasteiger partial charge is 0.258 e. The SMILES string of the molecule is COc1ccc(NC(=O)c2c(-n3cccc3)sc3c2CCSC3)cc1NC(C)=O. The Morgan fingerprint density at radius 1 is 1.17 bits per heavy atom. The molecule has 1 aromatic carbocycles. The summed E-state index contributed by atoms with van der Waals surface area (Å²) in [5.41, 5.74) is 3.00. The van der Waals surface area contributed by atoms with Crippen LogP contribution in [0.4, 0.5) is 11.4 Å². The lowest BCUT2D eigenvalue weighted by molar-refractivity contribution is -0.114. The normalized spacial score (nSPS) is 12.9. The van der Waals surface area contributed by atoms with E-state index >= 15 is 0 Å². The fourth-order valence-electron chi connectivity index (χ4n) is 3.37. The lowest BCUT2D eigenvalue weighted by Crippen LogP contribution is -2.17. The van der Waals surface area contributed by atoms with Crippen LogP contribution in [0.5, 0.6) is 5.75 Å². The Kier molecular flexibility index (Phi) is 5.64. The lowest BCUT2D eigenvalue weighted by atomic mass is 10.1. The molecule has 0 saturated heterocycles. The number of carbonyl (C=O) groups excluding carboxylic acids is 2. The number of nitrogens with zero attached hydrogens (tertiary/aromatic N) is 1. The fourth-order valence-corrected chi connectivity index (χ4v) is 5.81. The Morgan fingerprint density at radius 3 is 2.69 bits per heavy atom. The average molecular weight is 428 g/mol. The molecule has 1 aliphatic heterocycles. The molecule has 0 fully saturated rings. The van der Waals surface area contributed by atoms with Crippen molar-refractivity contribution in [1.29, 1.82) is 0 Å². The van der Waals surface area contributed by atoms with E-state index in [1.165, 1.54) is 18.9 Å². The molecule has 3 aromatic rings. The van der Waals surface area contributed by atoms with Crippen LogP contribution in [0.25, 0.3) is 5.00 Å². The van der Waals surface area contributed by atoms with Gasteiger partial charge in [0.1, 0.15) is 10.8 Å². The van der Waals surface area contributed by atoms with Crippen LogP contribution in [0.3, 0.4) is 0 Å². The second kappa shape index (κ2) is 8.34. The van der Waals surface area contributed by atoms with E-state index in [-0.39, 0.29) is 11.8 Å². The molecule has 4 rings (SSSR count). The van der Waals surface area contributed by atoms with Gasteiger partial charge in [-0.2, -0.15) is 11.8 Å². The van der Waals surface area contributed by atoms with Crippen LogP contribution in [0.2, 0.25) is 0 Å². The van der Waals surface area contributed by atoms with Gasteiger partial charge in [0.2, 0.25) is 5.91 Å². The molecule has 0 unspecified atom stereocenters. The maximum atomic E-state index is 13.3. The first-order chi connectivity index (χ1) is 14.1. The number of carbonyl (C=O) groups is 2. The Morgan fingerprint density at radius 2 is 1.97 bits per heavy atom. The van der Waals surface area contributed by atoms with Gasteiger partial charge in [-0.25, -0.2) is 0 Å². The Bertz CT molecular complexity index is 1060. The zero-order valence-electron chi connectivity index (χ0n) is 16.2. The number of thioether (sulfide) groups is 1. The van der Waals surface area contributed by atoms with Gasteiger partial charge in [-0.05, 0) is 48.1 Å². The Labute approximate surface area is 177 Å². The first kappa shape index (κ1) is 19.6. The fraction of sp³-hybridized carbons (Fsp3) is 0.238. The summed E-state index contributed by atoms with van der Waals surface area (Å²) in [6, 6.07) is 9.12. The highest BCUT2D eigenvalue weighted by molar-refractivity contribution is 7.98. The molecule has 29 heavy (non-hydrogen) atoms. The molecule has 0 aliphatic carbocycles. The molecule has 8 heteroatoms. The maximum Gasteiger partial charge on any atom is 0.258 e. The summed E-state index contributed by atoms with van der Waals surface area (Å²) in [7, 11) is 1.54. The molecule has 0 spiro atoms.